The van der Waals surface area contributed by atoms with Gasteiger partial charge in [-0.1, -0.05) is 97.6 Å². The minimum absolute atomic E-state index is 0.0930. The van der Waals surface area contributed by atoms with Crippen LogP contribution >= 0.6 is 0 Å². The second-order valence-corrected chi connectivity index (χ2v) is 14.2. The van der Waals surface area contributed by atoms with E-state index in [1.165, 1.54) is 72.7 Å². The first kappa shape index (κ1) is 29.1. The summed E-state index contributed by atoms with van der Waals surface area (Å²) in [7, 11) is 0. The number of rotatable bonds is 6. The van der Waals surface area contributed by atoms with E-state index in [1.807, 2.05) is 0 Å². The molecular weight excluding hydrogens is 581 g/mol. The first-order chi connectivity index (χ1) is 23.5. The topological polar surface area (TPSA) is 6.48 Å². The van der Waals surface area contributed by atoms with Gasteiger partial charge in [0.25, 0.3) is 0 Å². The molecule has 0 saturated heterocycles. The van der Waals surface area contributed by atoms with Crippen LogP contribution < -0.4 is 9.80 Å². The van der Waals surface area contributed by atoms with E-state index in [1.54, 1.807) is 0 Å². The summed E-state index contributed by atoms with van der Waals surface area (Å²) in [6.45, 7) is 14.0. The Kier molecular flexibility index (Phi) is 6.83. The van der Waals surface area contributed by atoms with E-state index in [0.717, 1.165) is 19.3 Å². The number of allylic oxidation sites excluding steroid dienone is 4. The van der Waals surface area contributed by atoms with Crippen molar-refractivity contribution in [2.75, 3.05) is 9.80 Å². The van der Waals surface area contributed by atoms with Gasteiger partial charge < -0.3 is 9.80 Å². The third-order valence-electron chi connectivity index (χ3n) is 11.4. The average molecular weight is 623 g/mol. The fraction of sp³-hybridized carbons (Fsp3) is 0.217. The Labute approximate surface area is 285 Å². The fourth-order valence-corrected chi connectivity index (χ4v) is 9.41. The highest BCUT2D eigenvalue weighted by atomic mass is 15.2. The van der Waals surface area contributed by atoms with Crippen LogP contribution in [0.5, 0.6) is 0 Å². The van der Waals surface area contributed by atoms with Crippen molar-refractivity contribution < 1.29 is 0 Å². The summed E-state index contributed by atoms with van der Waals surface area (Å²) in [6, 6.07) is 37.0. The zero-order chi connectivity index (χ0) is 32.5. The second kappa shape index (κ2) is 11.3. The molecule has 0 N–H and O–H groups in total. The maximum atomic E-state index is 4.97. The Morgan fingerprint density at radius 2 is 1.60 bits per heavy atom. The number of hydrogen-bond donors (Lipinski definition) is 0. The Morgan fingerprint density at radius 1 is 0.854 bits per heavy atom. The Bertz CT molecular complexity index is 2100. The molecule has 0 amide bonds. The molecule has 3 unspecified atom stereocenters. The molecule has 0 aromatic heterocycles. The predicted octanol–water partition coefficient (Wildman–Crippen LogP) is 11.1. The first-order valence-corrected chi connectivity index (χ1v) is 17.6. The van der Waals surface area contributed by atoms with Gasteiger partial charge in [-0.3, -0.25) is 0 Å². The van der Waals surface area contributed by atoms with Crippen molar-refractivity contribution >= 4 is 22.5 Å². The molecule has 3 aliphatic carbocycles. The number of nitrogens with zero attached hydrogens (tertiary/aromatic N) is 2. The lowest BCUT2D eigenvalue weighted by Crippen LogP contribution is -2.37. The second-order valence-electron chi connectivity index (χ2n) is 14.2. The van der Waals surface area contributed by atoms with Crippen LogP contribution in [0.3, 0.4) is 0 Å². The highest BCUT2D eigenvalue weighted by Gasteiger charge is 2.45. The van der Waals surface area contributed by atoms with E-state index in [4.69, 9.17) is 6.58 Å². The summed E-state index contributed by atoms with van der Waals surface area (Å²) in [5.41, 5.74) is 17.5. The largest absolute Gasteiger partial charge is 0.361 e. The molecule has 9 rings (SSSR count). The SMILES string of the molecule is C=CC1C2=C(C=CCC2)N(c2ccccc2)C1C(=C)[C@H]1c2ccccc2-c2cc(C3=CCC4C(=C3)c3ccccc3N4C(C)C)ccc21. The van der Waals surface area contributed by atoms with Crippen LogP contribution in [0.25, 0.3) is 22.3 Å². The third-order valence-corrected chi connectivity index (χ3v) is 11.4. The number of anilines is 2. The molecule has 2 heterocycles. The molecule has 2 nitrogen and oxygen atoms in total. The average Bonchev–Trinajstić information content (AvgIpc) is 3.77. The molecule has 0 fully saturated rings. The normalized spacial score (nSPS) is 23.3. The molecule has 0 bridgehead atoms. The van der Waals surface area contributed by atoms with E-state index < -0.39 is 0 Å². The summed E-state index contributed by atoms with van der Waals surface area (Å²) in [4.78, 5) is 5.15. The number of para-hydroxylation sites is 2. The number of fused-ring (bicyclic) bond motifs is 6. The lowest BCUT2D eigenvalue weighted by molar-refractivity contribution is 0.614. The standard InChI is InChI=1S/C46H42N2/c1-5-34-36-18-11-14-22-43(36)48(33-15-7-6-8-16-33)46(34)30(4)45-38-20-10-9-17-35(38)40-27-31(23-25-39(40)45)32-24-26-44-41(28-32)37-19-12-13-21-42(37)47(44)29(2)3/h5-10,12-17,19-25,27-29,34,44-46H,1,4,11,18,26H2,2-3H3/t34?,44?,45-,46?/m0/s1. The number of hydrogen-bond acceptors (Lipinski definition) is 2. The molecule has 2 aliphatic heterocycles. The minimum Gasteiger partial charge on any atom is -0.361 e. The molecule has 2 heteroatoms. The van der Waals surface area contributed by atoms with E-state index in [9.17, 15) is 0 Å². The summed E-state index contributed by atoms with van der Waals surface area (Å²) < 4.78 is 0. The van der Waals surface area contributed by atoms with Crippen molar-refractivity contribution in [3.8, 4) is 11.1 Å². The van der Waals surface area contributed by atoms with Crippen molar-refractivity contribution in [1.82, 2.24) is 0 Å². The quantitative estimate of drug-likeness (QED) is 0.197. The van der Waals surface area contributed by atoms with Crippen LogP contribution in [0.1, 0.15) is 61.3 Å². The molecule has 0 radical (unpaired) electrons. The van der Waals surface area contributed by atoms with Crippen LogP contribution in [-0.4, -0.2) is 18.1 Å². The summed E-state index contributed by atoms with van der Waals surface area (Å²) in [5, 5.41) is 0. The van der Waals surface area contributed by atoms with Gasteiger partial charge in [0, 0.05) is 40.5 Å². The van der Waals surface area contributed by atoms with Gasteiger partial charge in [-0.2, -0.15) is 0 Å². The first-order valence-electron chi connectivity index (χ1n) is 17.6. The van der Waals surface area contributed by atoms with Crippen LogP contribution in [0.15, 0.2) is 157 Å². The highest BCUT2D eigenvalue weighted by molar-refractivity contribution is 5.97. The van der Waals surface area contributed by atoms with Crippen LogP contribution in [0, 0.1) is 5.92 Å². The lowest BCUT2D eigenvalue weighted by atomic mass is 9.79. The minimum atomic E-state index is 0.0930. The summed E-state index contributed by atoms with van der Waals surface area (Å²) in [6.07, 6.45) is 14.9. The maximum Gasteiger partial charge on any atom is 0.0658 e. The van der Waals surface area contributed by atoms with Gasteiger partial charge in [-0.05, 0) is 120 Å². The van der Waals surface area contributed by atoms with Crippen molar-refractivity contribution in [2.24, 2.45) is 5.92 Å². The van der Waals surface area contributed by atoms with E-state index in [0.29, 0.717) is 12.1 Å². The molecule has 4 atom stereocenters. The predicted molar refractivity (Wildman–Crippen MR) is 203 cm³/mol. The Hall–Kier alpha value is -5.08. The highest BCUT2D eigenvalue weighted by Crippen LogP contribution is 2.54. The molecule has 0 saturated carbocycles. The molecule has 4 aromatic rings. The van der Waals surface area contributed by atoms with Crippen LogP contribution in [-0.2, 0) is 0 Å². The molecular formula is C46H42N2. The molecule has 0 spiro atoms. The zero-order valence-electron chi connectivity index (χ0n) is 27.9. The maximum absolute atomic E-state index is 4.97. The Morgan fingerprint density at radius 3 is 2.42 bits per heavy atom. The number of benzene rings is 4. The van der Waals surface area contributed by atoms with Crippen molar-refractivity contribution in [2.45, 2.75) is 57.2 Å². The fourth-order valence-electron chi connectivity index (χ4n) is 9.41. The van der Waals surface area contributed by atoms with E-state index in [-0.39, 0.29) is 17.9 Å². The molecule has 5 aliphatic rings. The van der Waals surface area contributed by atoms with E-state index >= 15 is 0 Å². The smallest absolute Gasteiger partial charge is 0.0658 e. The third kappa shape index (κ3) is 4.25. The lowest BCUT2D eigenvalue weighted by Gasteiger charge is -2.35. The molecule has 48 heavy (non-hydrogen) atoms. The zero-order valence-corrected chi connectivity index (χ0v) is 27.9. The summed E-state index contributed by atoms with van der Waals surface area (Å²) >= 11 is 0. The van der Waals surface area contributed by atoms with Gasteiger partial charge in [0.15, 0.2) is 0 Å². The van der Waals surface area contributed by atoms with Gasteiger partial charge in [0.2, 0.25) is 0 Å². The van der Waals surface area contributed by atoms with Gasteiger partial charge in [-0.25, -0.2) is 0 Å². The van der Waals surface area contributed by atoms with Gasteiger partial charge in [-0.15, -0.1) is 6.58 Å². The van der Waals surface area contributed by atoms with Crippen LogP contribution in [0.4, 0.5) is 11.4 Å². The molecule has 236 valence electrons. The van der Waals surface area contributed by atoms with Crippen molar-refractivity contribution in [3.63, 3.8) is 0 Å². The summed E-state index contributed by atoms with van der Waals surface area (Å²) in [5.74, 6) is 0.332. The van der Waals surface area contributed by atoms with Crippen molar-refractivity contribution in [3.05, 3.63) is 180 Å². The van der Waals surface area contributed by atoms with Gasteiger partial charge in [0.1, 0.15) is 0 Å². The Balaban J connectivity index is 1.12. The van der Waals surface area contributed by atoms with E-state index in [2.05, 4.69) is 158 Å². The molecule has 4 aromatic carbocycles. The van der Waals surface area contributed by atoms with Crippen LogP contribution in [0.2, 0.25) is 0 Å². The monoisotopic (exact) mass is 622 g/mol. The van der Waals surface area contributed by atoms with Gasteiger partial charge in [0.05, 0.1) is 12.1 Å². The van der Waals surface area contributed by atoms with Gasteiger partial charge >= 0.3 is 0 Å². The van der Waals surface area contributed by atoms with Crippen molar-refractivity contribution in [1.29, 1.82) is 0 Å².